The van der Waals surface area contributed by atoms with Gasteiger partial charge in [0.25, 0.3) is 0 Å². The first kappa shape index (κ1) is 9.96. The predicted molar refractivity (Wildman–Crippen MR) is 49.9 cm³/mol. The number of nitrogens with zero attached hydrogens (tertiary/aromatic N) is 1. The maximum absolute atomic E-state index is 9.93. The van der Waals surface area contributed by atoms with Gasteiger partial charge < -0.3 is 10.8 Å². The van der Waals surface area contributed by atoms with E-state index in [-0.39, 0.29) is 0 Å². The Labute approximate surface area is 74.5 Å². The Morgan fingerprint density at radius 1 is 1.58 bits per heavy atom. The van der Waals surface area contributed by atoms with Crippen LogP contribution in [-0.2, 0) is 0 Å². The first-order valence-corrected chi connectivity index (χ1v) is 4.74. The molecule has 1 aliphatic rings. The summed E-state index contributed by atoms with van der Waals surface area (Å²) in [5, 5.41) is 9.93. The fourth-order valence-corrected chi connectivity index (χ4v) is 1.75. The molecule has 1 unspecified atom stereocenters. The van der Waals surface area contributed by atoms with Crippen molar-refractivity contribution in [1.82, 2.24) is 4.90 Å². The molecule has 1 rings (SSSR count). The maximum Gasteiger partial charge on any atom is 0.0896 e. The summed E-state index contributed by atoms with van der Waals surface area (Å²) in [5.41, 5.74) is 4.90. The van der Waals surface area contributed by atoms with Crippen molar-refractivity contribution in [3.63, 3.8) is 0 Å². The molecule has 0 bridgehead atoms. The maximum atomic E-state index is 9.93. The SMILES string of the molecule is CC(C)N1CCCC(O)(CN)C1. The van der Waals surface area contributed by atoms with Crippen LogP contribution in [0.4, 0.5) is 0 Å². The van der Waals surface area contributed by atoms with Crippen LogP contribution in [0.25, 0.3) is 0 Å². The molecule has 0 radical (unpaired) electrons. The smallest absolute Gasteiger partial charge is 0.0896 e. The number of likely N-dealkylation sites (tertiary alicyclic amines) is 1. The van der Waals surface area contributed by atoms with Gasteiger partial charge in [0.15, 0.2) is 0 Å². The second-order valence-corrected chi connectivity index (χ2v) is 4.10. The second-order valence-electron chi connectivity index (χ2n) is 4.10. The molecule has 0 saturated carbocycles. The van der Waals surface area contributed by atoms with E-state index in [0.29, 0.717) is 12.6 Å². The zero-order valence-electron chi connectivity index (χ0n) is 8.08. The summed E-state index contributed by atoms with van der Waals surface area (Å²) >= 11 is 0. The average Bonchev–Trinajstić information content (AvgIpc) is 2.05. The largest absolute Gasteiger partial charge is 0.387 e. The van der Waals surface area contributed by atoms with Crippen LogP contribution < -0.4 is 5.73 Å². The Kier molecular flexibility index (Phi) is 3.09. The van der Waals surface area contributed by atoms with Gasteiger partial charge in [0.05, 0.1) is 5.60 Å². The Hall–Kier alpha value is -0.120. The van der Waals surface area contributed by atoms with Crippen molar-refractivity contribution >= 4 is 0 Å². The molecule has 1 saturated heterocycles. The number of piperidine rings is 1. The molecular weight excluding hydrogens is 152 g/mol. The third kappa shape index (κ3) is 2.19. The Morgan fingerprint density at radius 3 is 2.75 bits per heavy atom. The summed E-state index contributed by atoms with van der Waals surface area (Å²) in [4.78, 5) is 2.29. The highest BCUT2D eigenvalue weighted by atomic mass is 16.3. The Morgan fingerprint density at radius 2 is 2.25 bits per heavy atom. The minimum absolute atomic E-state index is 0.385. The molecule has 3 N–H and O–H groups in total. The highest BCUT2D eigenvalue weighted by Gasteiger charge is 2.32. The van der Waals surface area contributed by atoms with Crippen molar-refractivity contribution in [2.45, 2.75) is 38.3 Å². The van der Waals surface area contributed by atoms with Crippen LogP contribution >= 0.6 is 0 Å². The molecule has 1 atom stereocenters. The van der Waals surface area contributed by atoms with Crippen molar-refractivity contribution in [3.05, 3.63) is 0 Å². The van der Waals surface area contributed by atoms with Crippen LogP contribution in [0.1, 0.15) is 26.7 Å². The van der Waals surface area contributed by atoms with Gasteiger partial charge in [-0.25, -0.2) is 0 Å². The summed E-state index contributed by atoms with van der Waals surface area (Å²) in [6.07, 6.45) is 1.92. The summed E-state index contributed by atoms with van der Waals surface area (Å²) < 4.78 is 0. The topological polar surface area (TPSA) is 49.5 Å². The van der Waals surface area contributed by atoms with Gasteiger partial charge in [-0.05, 0) is 33.2 Å². The van der Waals surface area contributed by atoms with Gasteiger partial charge in [-0.3, -0.25) is 4.90 Å². The molecule has 0 aromatic rings. The molecule has 0 amide bonds. The number of hydrogen-bond acceptors (Lipinski definition) is 3. The Balaban J connectivity index is 2.51. The zero-order valence-corrected chi connectivity index (χ0v) is 8.08. The molecule has 0 aromatic carbocycles. The number of nitrogens with two attached hydrogens (primary N) is 1. The van der Waals surface area contributed by atoms with E-state index >= 15 is 0 Å². The zero-order chi connectivity index (χ0) is 9.19. The number of rotatable bonds is 2. The van der Waals surface area contributed by atoms with Crippen LogP contribution in [0.15, 0.2) is 0 Å². The third-order valence-corrected chi connectivity index (χ3v) is 2.70. The van der Waals surface area contributed by atoms with Crippen LogP contribution in [0, 0.1) is 0 Å². The Bertz CT molecular complexity index is 149. The molecule has 1 fully saturated rings. The van der Waals surface area contributed by atoms with Crippen molar-refractivity contribution in [1.29, 1.82) is 0 Å². The highest BCUT2D eigenvalue weighted by molar-refractivity contribution is 4.88. The van der Waals surface area contributed by atoms with E-state index in [0.717, 1.165) is 25.9 Å². The fraction of sp³-hybridized carbons (Fsp3) is 1.00. The van der Waals surface area contributed by atoms with E-state index in [4.69, 9.17) is 5.73 Å². The predicted octanol–water partition coefficient (Wildman–Crippen LogP) is 0.180. The van der Waals surface area contributed by atoms with Gasteiger partial charge in [0, 0.05) is 19.1 Å². The molecule has 0 aliphatic carbocycles. The van der Waals surface area contributed by atoms with Crippen LogP contribution in [0.2, 0.25) is 0 Å². The van der Waals surface area contributed by atoms with E-state index in [1.807, 2.05) is 0 Å². The molecule has 1 aliphatic heterocycles. The lowest BCUT2D eigenvalue weighted by molar-refractivity contribution is -0.0324. The van der Waals surface area contributed by atoms with Gasteiger partial charge in [0.1, 0.15) is 0 Å². The lowest BCUT2D eigenvalue weighted by atomic mass is 9.92. The molecule has 3 nitrogen and oxygen atoms in total. The lowest BCUT2D eigenvalue weighted by Gasteiger charge is -2.40. The normalized spacial score (nSPS) is 32.8. The minimum atomic E-state index is -0.622. The van der Waals surface area contributed by atoms with E-state index in [2.05, 4.69) is 18.7 Å². The average molecular weight is 172 g/mol. The number of aliphatic hydroxyl groups is 1. The van der Waals surface area contributed by atoms with Gasteiger partial charge in [0.2, 0.25) is 0 Å². The highest BCUT2D eigenvalue weighted by Crippen LogP contribution is 2.21. The van der Waals surface area contributed by atoms with Crippen molar-refractivity contribution in [3.8, 4) is 0 Å². The molecular formula is C9H20N2O. The van der Waals surface area contributed by atoms with Crippen LogP contribution in [-0.4, -0.2) is 41.3 Å². The summed E-state index contributed by atoms with van der Waals surface area (Å²) in [6.45, 7) is 6.53. The fourth-order valence-electron chi connectivity index (χ4n) is 1.75. The first-order valence-electron chi connectivity index (χ1n) is 4.74. The van der Waals surface area contributed by atoms with Crippen LogP contribution in [0.3, 0.4) is 0 Å². The molecule has 1 heterocycles. The second kappa shape index (κ2) is 3.73. The monoisotopic (exact) mass is 172 g/mol. The molecule has 0 aromatic heterocycles. The summed E-state index contributed by atoms with van der Waals surface area (Å²) in [6, 6.07) is 0.517. The minimum Gasteiger partial charge on any atom is -0.387 e. The van der Waals surface area contributed by atoms with Crippen molar-refractivity contribution < 1.29 is 5.11 Å². The van der Waals surface area contributed by atoms with E-state index in [1.165, 1.54) is 0 Å². The van der Waals surface area contributed by atoms with E-state index in [1.54, 1.807) is 0 Å². The lowest BCUT2D eigenvalue weighted by Crippen LogP contribution is -2.54. The molecule has 3 heteroatoms. The first-order chi connectivity index (χ1) is 5.57. The van der Waals surface area contributed by atoms with Crippen molar-refractivity contribution in [2.75, 3.05) is 19.6 Å². The molecule has 12 heavy (non-hydrogen) atoms. The number of β-amino-alcohol motifs (C(OH)–C–C–N with tert-alkyl or cyclic N) is 1. The summed E-state index contributed by atoms with van der Waals surface area (Å²) in [7, 11) is 0. The van der Waals surface area contributed by atoms with Crippen LogP contribution in [0.5, 0.6) is 0 Å². The van der Waals surface area contributed by atoms with E-state index < -0.39 is 5.60 Å². The third-order valence-electron chi connectivity index (χ3n) is 2.70. The quantitative estimate of drug-likeness (QED) is 0.625. The summed E-state index contributed by atoms with van der Waals surface area (Å²) in [5.74, 6) is 0. The van der Waals surface area contributed by atoms with Crippen molar-refractivity contribution in [2.24, 2.45) is 5.73 Å². The number of hydrogen-bond donors (Lipinski definition) is 2. The van der Waals surface area contributed by atoms with E-state index in [9.17, 15) is 5.11 Å². The van der Waals surface area contributed by atoms with Gasteiger partial charge in [-0.2, -0.15) is 0 Å². The van der Waals surface area contributed by atoms with Gasteiger partial charge >= 0.3 is 0 Å². The van der Waals surface area contributed by atoms with Gasteiger partial charge in [-0.15, -0.1) is 0 Å². The molecule has 0 spiro atoms. The van der Waals surface area contributed by atoms with Gasteiger partial charge in [-0.1, -0.05) is 0 Å². The standard InChI is InChI=1S/C9H20N2O/c1-8(2)11-5-3-4-9(12,6-10)7-11/h8,12H,3-7,10H2,1-2H3. The molecule has 72 valence electrons.